The molecule has 18 heavy (non-hydrogen) atoms. The predicted molar refractivity (Wildman–Crippen MR) is 75.7 cm³/mol. The smallest absolute Gasteiger partial charge is 0.0550 e. The maximum Gasteiger partial charge on any atom is 0.0550 e. The molecule has 0 fully saturated rings. The van der Waals surface area contributed by atoms with Crippen LogP contribution in [0, 0.1) is 0 Å². The highest BCUT2D eigenvalue weighted by Gasteiger charge is 2.30. The molecule has 0 atom stereocenters. The molecular weight excluding hydrogens is 296 g/mol. The average molecular weight is 317 g/mol. The fourth-order valence-corrected chi connectivity index (χ4v) is 2.09. The number of aliphatic hydroxyl groups is 2. The first-order valence-electron chi connectivity index (χ1n) is 6.13. The number of aliphatic hydroxyl groups excluding tert-OH is 2. The Morgan fingerprint density at radius 1 is 1.17 bits per heavy atom. The summed E-state index contributed by atoms with van der Waals surface area (Å²) in [5, 5.41) is 19.3. The molecule has 2 N–H and O–H groups in total. The Morgan fingerprint density at radius 2 is 1.72 bits per heavy atom. The van der Waals surface area contributed by atoms with Gasteiger partial charge in [-0.25, -0.2) is 0 Å². The van der Waals surface area contributed by atoms with E-state index in [2.05, 4.69) is 15.9 Å². The molecule has 0 spiro atoms. The highest BCUT2D eigenvalue weighted by molar-refractivity contribution is 9.10. The second-order valence-electron chi connectivity index (χ2n) is 4.77. The van der Waals surface area contributed by atoms with Crippen molar-refractivity contribution in [3.05, 3.63) is 34.3 Å². The van der Waals surface area contributed by atoms with E-state index in [9.17, 15) is 10.2 Å². The minimum atomic E-state index is -0.629. The topological polar surface area (TPSA) is 49.7 Å². The number of rotatable bonds is 7. The fourth-order valence-electron chi connectivity index (χ4n) is 1.83. The first kappa shape index (κ1) is 15.6. The molecule has 3 nitrogen and oxygen atoms in total. The maximum absolute atomic E-state index is 9.64. The molecule has 4 heteroatoms. The summed E-state index contributed by atoms with van der Waals surface area (Å²) in [6.07, 6.45) is 0.754. The highest BCUT2D eigenvalue weighted by Crippen LogP contribution is 2.28. The van der Waals surface area contributed by atoms with Crippen LogP contribution in [0.5, 0.6) is 0 Å². The lowest BCUT2D eigenvalue weighted by Gasteiger charge is -2.30. The molecule has 102 valence electrons. The minimum absolute atomic E-state index is 0.0907. The van der Waals surface area contributed by atoms with Crippen LogP contribution >= 0.6 is 15.9 Å². The summed E-state index contributed by atoms with van der Waals surface area (Å²) in [4.78, 5) is 0. The number of ether oxygens (including phenoxy) is 1. The predicted octanol–water partition coefficient (Wildman–Crippen LogP) is 2.49. The third-order valence-corrected chi connectivity index (χ3v) is 3.62. The van der Waals surface area contributed by atoms with Gasteiger partial charge in [0.15, 0.2) is 0 Å². The lowest BCUT2D eigenvalue weighted by Crippen LogP contribution is -2.36. The molecule has 0 saturated carbocycles. The van der Waals surface area contributed by atoms with Gasteiger partial charge in [-0.15, -0.1) is 0 Å². The highest BCUT2D eigenvalue weighted by atomic mass is 79.9. The largest absolute Gasteiger partial charge is 0.395 e. The molecule has 0 aliphatic carbocycles. The molecule has 0 aromatic heterocycles. The van der Waals surface area contributed by atoms with Gasteiger partial charge in [0, 0.05) is 16.5 Å². The normalized spacial score (nSPS) is 12.1. The second-order valence-corrected chi connectivity index (χ2v) is 5.69. The monoisotopic (exact) mass is 316 g/mol. The van der Waals surface area contributed by atoms with Crippen molar-refractivity contribution in [1.29, 1.82) is 0 Å². The standard InChI is InChI=1S/C14H21BrO3/c1-11(2)18-8-7-14(9-16,10-17)12-3-5-13(15)6-4-12/h3-6,11,16-17H,7-10H2,1-2H3. The van der Waals surface area contributed by atoms with Crippen molar-refractivity contribution >= 4 is 15.9 Å². The second kappa shape index (κ2) is 7.24. The van der Waals surface area contributed by atoms with Gasteiger partial charge in [-0.3, -0.25) is 0 Å². The summed E-state index contributed by atoms with van der Waals surface area (Å²) in [5.41, 5.74) is 0.304. The van der Waals surface area contributed by atoms with Crippen molar-refractivity contribution in [3.8, 4) is 0 Å². The first-order chi connectivity index (χ1) is 8.54. The van der Waals surface area contributed by atoms with E-state index in [0.29, 0.717) is 13.0 Å². The molecule has 0 radical (unpaired) electrons. The van der Waals surface area contributed by atoms with Crippen LogP contribution in [0.25, 0.3) is 0 Å². The minimum Gasteiger partial charge on any atom is -0.395 e. The van der Waals surface area contributed by atoms with Crippen LogP contribution in [0.3, 0.4) is 0 Å². The zero-order valence-corrected chi connectivity index (χ0v) is 12.5. The Labute approximate surface area is 117 Å². The van der Waals surface area contributed by atoms with Crippen molar-refractivity contribution in [1.82, 2.24) is 0 Å². The van der Waals surface area contributed by atoms with Crippen LogP contribution in [0.1, 0.15) is 25.8 Å². The van der Waals surface area contributed by atoms with E-state index in [-0.39, 0.29) is 19.3 Å². The molecule has 0 heterocycles. The van der Waals surface area contributed by atoms with Crippen LogP contribution in [0.15, 0.2) is 28.7 Å². The van der Waals surface area contributed by atoms with Gasteiger partial charge < -0.3 is 14.9 Å². The number of hydrogen-bond donors (Lipinski definition) is 2. The van der Waals surface area contributed by atoms with Crippen molar-refractivity contribution in [2.45, 2.75) is 31.8 Å². The van der Waals surface area contributed by atoms with Crippen LogP contribution in [-0.2, 0) is 10.2 Å². The zero-order valence-electron chi connectivity index (χ0n) is 10.9. The van der Waals surface area contributed by atoms with Crippen molar-refractivity contribution < 1.29 is 14.9 Å². The van der Waals surface area contributed by atoms with Crippen LogP contribution in [0.4, 0.5) is 0 Å². The summed E-state index contributed by atoms with van der Waals surface area (Å²) in [6, 6.07) is 7.68. The van der Waals surface area contributed by atoms with E-state index in [0.717, 1.165) is 10.0 Å². The molecule has 1 rings (SSSR count). The van der Waals surface area contributed by atoms with Gasteiger partial charge >= 0.3 is 0 Å². The average Bonchev–Trinajstić information content (AvgIpc) is 2.36. The molecule has 0 aliphatic heterocycles. The fraction of sp³-hybridized carbons (Fsp3) is 0.571. The van der Waals surface area contributed by atoms with Gasteiger partial charge in [-0.2, -0.15) is 0 Å². The molecule has 0 unspecified atom stereocenters. The van der Waals surface area contributed by atoms with E-state index in [1.54, 1.807) is 0 Å². The maximum atomic E-state index is 9.64. The van der Waals surface area contributed by atoms with E-state index in [4.69, 9.17) is 4.74 Å². The molecule has 0 aliphatic rings. The van der Waals surface area contributed by atoms with Gasteiger partial charge in [0.25, 0.3) is 0 Å². The summed E-state index contributed by atoms with van der Waals surface area (Å²) >= 11 is 3.38. The zero-order chi connectivity index (χ0) is 13.6. The lowest BCUT2D eigenvalue weighted by atomic mass is 9.79. The molecule has 0 bridgehead atoms. The van der Waals surface area contributed by atoms with Crippen LogP contribution in [0.2, 0.25) is 0 Å². The third-order valence-electron chi connectivity index (χ3n) is 3.09. The Kier molecular flexibility index (Phi) is 6.29. The molecule has 0 saturated heterocycles. The van der Waals surface area contributed by atoms with Gasteiger partial charge in [0.1, 0.15) is 0 Å². The Morgan fingerprint density at radius 3 is 2.17 bits per heavy atom. The first-order valence-corrected chi connectivity index (χ1v) is 6.93. The molecule has 0 amide bonds. The molecule has 1 aromatic carbocycles. The third kappa shape index (κ3) is 4.05. The van der Waals surface area contributed by atoms with E-state index >= 15 is 0 Å². The van der Waals surface area contributed by atoms with Crippen molar-refractivity contribution in [2.75, 3.05) is 19.8 Å². The summed E-state index contributed by atoms with van der Waals surface area (Å²) in [6.45, 7) is 4.28. The lowest BCUT2D eigenvalue weighted by molar-refractivity contribution is 0.0363. The number of benzene rings is 1. The van der Waals surface area contributed by atoms with E-state index in [1.165, 1.54) is 0 Å². The molecule has 1 aromatic rings. The SMILES string of the molecule is CC(C)OCCC(CO)(CO)c1ccc(Br)cc1. The summed E-state index contributed by atoms with van der Waals surface area (Å²) in [7, 11) is 0. The van der Waals surface area contributed by atoms with Crippen molar-refractivity contribution in [3.63, 3.8) is 0 Å². The van der Waals surface area contributed by atoms with Crippen LogP contribution < -0.4 is 0 Å². The van der Waals surface area contributed by atoms with E-state index < -0.39 is 5.41 Å². The van der Waals surface area contributed by atoms with Gasteiger partial charge in [0.05, 0.1) is 19.3 Å². The van der Waals surface area contributed by atoms with E-state index in [1.807, 2.05) is 38.1 Å². The van der Waals surface area contributed by atoms with Gasteiger partial charge in [-0.1, -0.05) is 28.1 Å². The van der Waals surface area contributed by atoms with Crippen LogP contribution in [-0.4, -0.2) is 36.1 Å². The number of halogens is 1. The van der Waals surface area contributed by atoms with Crippen molar-refractivity contribution in [2.24, 2.45) is 0 Å². The van der Waals surface area contributed by atoms with Gasteiger partial charge in [-0.05, 0) is 38.0 Å². The Bertz CT molecular complexity index is 345. The molecular formula is C14H21BrO3. The number of hydrogen-bond acceptors (Lipinski definition) is 3. The summed E-state index contributed by atoms with van der Waals surface area (Å²) in [5.74, 6) is 0. The Hall–Kier alpha value is -0.420. The summed E-state index contributed by atoms with van der Waals surface area (Å²) < 4.78 is 6.50. The Balaban J connectivity index is 2.81. The van der Waals surface area contributed by atoms with Gasteiger partial charge in [0.2, 0.25) is 0 Å². The quantitative estimate of drug-likeness (QED) is 0.812.